The van der Waals surface area contributed by atoms with E-state index in [9.17, 15) is 0 Å². The third-order valence-corrected chi connectivity index (χ3v) is 4.31. The summed E-state index contributed by atoms with van der Waals surface area (Å²) in [5, 5.41) is 0. The van der Waals surface area contributed by atoms with Crippen molar-refractivity contribution in [2.24, 2.45) is 5.73 Å². The quantitative estimate of drug-likeness (QED) is 0.813. The molecular weight excluding hydrogens is 232 g/mol. The molecule has 1 saturated carbocycles. The van der Waals surface area contributed by atoms with Crippen molar-refractivity contribution in [3.63, 3.8) is 0 Å². The third-order valence-electron chi connectivity index (χ3n) is 4.31. The van der Waals surface area contributed by atoms with Gasteiger partial charge in [0.2, 0.25) is 0 Å². The fourth-order valence-electron chi connectivity index (χ4n) is 2.84. The molecule has 2 rings (SSSR count). The molecule has 2 unspecified atom stereocenters. The molecule has 0 bridgehead atoms. The Morgan fingerprint density at radius 3 is 2.32 bits per heavy atom. The number of hydrogen-bond donors (Lipinski definition) is 1. The normalized spacial score (nSPS) is 18.6. The molecule has 1 aliphatic carbocycles. The number of nitrogens with two attached hydrogens (primary N) is 1. The smallest absolute Gasteiger partial charge is 0.0450 e. The summed E-state index contributed by atoms with van der Waals surface area (Å²) in [7, 11) is 0. The van der Waals surface area contributed by atoms with Gasteiger partial charge in [0.05, 0.1) is 0 Å². The van der Waals surface area contributed by atoms with Crippen molar-refractivity contribution in [2.45, 2.75) is 64.6 Å². The van der Waals surface area contributed by atoms with Crippen molar-refractivity contribution in [2.75, 3.05) is 6.54 Å². The van der Waals surface area contributed by atoms with E-state index in [1.54, 1.807) is 0 Å². The van der Waals surface area contributed by atoms with Crippen LogP contribution in [0.2, 0.25) is 0 Å². The van der Waals surface area contributed by atoms with E-state index in [1.807, 2.05) is 0 Å². The molecule has 1 aromatic rings. The molecule has 19 heavy (non-hydrogen) atoms. The first-order valence-electron chi connectivity index (χ1n) is 7.77. The Bertz CT molecular complexity index is 381. The zero-order valence-electron chi connectivity index (χ0n) is 12.6. The van der Waals surface area contributed by atoms with Crippen molar-refractivity contribution >= 4 is 0 Å². The van der Waals surface area contributed by atoms with Crippen LogP contribution in [0.3, 0.4) is 0 Å². The molecule has 1 fully saturated rings. The maximum absolute atomic E-state index is 6.49. The van der Waals surface area contributed by atoms with Crippen molar-refractivity contribution in [1.29, 1.82) is 0 Å². The molecule has 0 saturated heterocycles. The van der Waals surface area contributed by atoms with Crippen LogP contribution in [0.4, 0.5) is 0 Å². The summed E-state index contributed by atoms with van der Waals surface area (Å²) >= 11 is 0. The third kappa shape index (κ3) is 3.58. The zero-order valence-corrected chi connectivity index (χ0v) is 12.6. The average molecular weight is 260 g/mol. The van der Waals surface area contributed by atoms with Crippen molar-refractivity contribution in [3.05, 3.63) is 35.4 Å². The molecular formula is C17H28N2. The maximum Gasteiger partial charge on any atom is 0.0450 e. The second kappa shape index (κ2) is 6.53. The van der Waals surface area contributed by atoms with E-state index in [0.29, 0.717) is 6.04 Å². The van der Waals surface area contributed by atoms with Crippen LogP contribution in [0.15, 0.2) is 24.3 Å². The van der Waals surface area contributed by atoms with Crippen LogP contribution in [0.5, 0.6) is 0 Å². The van der Waals surface area contributed by atoms with Crippen LogP contribution in [0, 0.1) is 0 Å². The largest absolute Gasteiger partial charge is 0.323 e. The summed E-state index contributed by atoms with van der Waals surface area (Å²) in [6.07, 6.45) is 5.01. The fourth-order valence-corrected chi connectivity index (χ4v) is 2.84. The van der Waals surface area contributed by atoms with Gasteiger partial charge in [0.15, 0.2) is 0 Å². The van der Waals surface area contributed by atoms with Crippen LogP contribution >= 0.6 is 0 Å². The molecule has 0 radical (unpaired) electrons. The van der Waals surface area contributed by atoms with Gasteiger partial charge in [0, 0.05) is 18.1 Å². The monoisotopic (exact) mass is 260 g/mol. The van der Waals surface area contributed by atoms with Gasteiger partial charge < -0.3 is 5.73 Å². The van der Waals surface area contributed by atoms with E-state index in [1.165, 1.54) is 36.9 Å². The lowest BCUT2D eigenvalue weighted by atomic mass is 9.98. The number of rotatable bonds is 7. The second-order valence-electron chi connectivity index (χ2n) is 5.83. The molecule has 0 amide bonds. The highest BCUT2D eigenvalue weighted by Gasteiger charge is 2.33. The predicted molar refractivity (Wildman–Crippen MR) is 82.2 cm³/mol. The molecule has 1 aliphatic rings. The number of nitrogens with zero attached hydrogens (tertiary/aromatic N) is 1. The maximum atomic E-state index is 6.49. The molecule has 0 spiro atoms. The Hall–Kier alpha value is -0.860. The molecule has 2 N–H and O–H groups in total. The van der Waals surface area contributed by atoms with E-state index in [0.717, 1.165) is 12.5 Å². The predicted octanol–water partition coefficient (Wildman–Crippen LogP) is 3.51. The highest BCUT2D eigenvalue weighted by atomic mass is 15.2. The van der Waals surface area contributed by atoms with Crippen molar-refractivity contribution in [1.82, 2.24) is 4.90 Å². The van der Waals surface area contributed by atoms with Crippen LogP contribution < -0.4 is 5.73 Å². The average Bonchev–Trinajstić information content (AvgIpc) is 3.28. The molecule has 2 nitrogen and oxygen atoms in total. The Balaban J connectivity index is 2.05. The Morgan fingerprint density at radius 1 is 1.21 bits per heavy atom. The van der Waals surface area contributed by atoms with Crippen LogP contribution in [0.1, 0.15) is 57.2 Å². The second-order valence-corrected chi connectivity index (χ2v) is 5.83. The zero-order chi connectivity index (χ0) is 13.8. The minimum absolute atomic E-state index is 0.123. The number of benzene rings is 1. The molecule has 106 valence electrons. The van der Waals surface area contributed by atoms with Gasteiger partial charge in [-0.05, 0) is 50.3 Å². The summed E-state index contributed by atoms with van der Waals surface area (Å²) in [6, 6.07) is 10.2. The first kappa shape index (κ1) is 14.5. The SMILES string of the molecule is CCCN(C1CC1)C(C)C(N)c1ccc(CC)cc1. The van der Waals surface area contributed by atoms with Gasteiger partial charge in [0.1, 0.15) is 0 Å². The highest BCUT2D eigenvalue weighted by Crippen LogP contribution is 2.32. The lowest BCUT2D eigenvalue weighted by Gasteiger charge is -2.33. The van der Waals surface area contributed by atoms with E-state index in [2.05, 4.69) is 49.9 Å². The first-order valence-corrected chi connectivity index (χ1v) is 7.77. The molecule has 2 atom stereocenters. The van der Waals surface area contributed by atoms with Gasteiger partial charge in [-0.3, -0.25) is 4.90 Å². The number of hydrogen-bond acceptors (Lipinski definition) is 2. The lowest BCUT2D eigenvalue weighted by molar-refractivity contribution is 0.174. The van der Waals surface area contributed by atoms with Crippen LogP contribution in [-0.4, -0.2) is 23.5 Å². The minimum atomic E-state index is 0.123. The van der Waals surface area contributed by atoms with E-state index in [4.69, 9.17) is 5.73 Å². The van der Waals surface area contributed by atoms with Crippen LogP contribution in [0.25, 0.3) is 0 Å². The molecule has 0 aliphatic heterocycles. The van der Waals surface area contributed by atoms with Crippen LogP contribution in [-0.2, 0) is 6.42 Å². The Labute approximate surface area is 118 Å². The van der Waals surface area contributed by atoms with Crippen molar-refractivity contribution < 1.29 is 0 Å². The lowest BCUT2D eigenvalue weighted by Crippen LogP contribution is -2.42. The minimum Gasteiger partial charge on any atom is -0.323 e. The fraction of sp³-hybridized carbons (Fsp3) is 0.647. The summed E-state index contributed by atoms with van der Waals surface area (Å²) in [5.41, 5.74) is 9.14. The van der Waals surface area contributed by atoms with Gasteiger partial charge in [-0.2, -0.15) is 0 Å². The van der Waals surface area contributed by atoms with E-state index >= 15 is 0 Å². The summed E-state index contributed by atoms with van der Waals surface area (Å²) < 4.78 is 0. The summed E-state index contributed by atoms with van der Waals surface area (Å²) in [5.74, 6) is 0. The van der Waals surface area contributed by atoms with Gasteiger partial charge >= 0.3 is 0 Å². The van der Waals surface area contributed by atoms with Crippen molar-refractivity contribution in [3.8, 4) is 0 Å². The summed E-state index contributed by atoms with van der Waals surface area (Å²) in [4.78, 5) is 2.61. The Kier molecular flexibility index (Phi) is 5.00. The van der Waals surface area contributed by atoms with Gasteiger partial charge in [-0.25, -0.2) is 0 Å². The topological polar surface area (TPSA) is 29.3 Å². The van der Waals surface area contributed by atoms with Gasteiger partial charge in [0.25, 0.3) is 0 Å². The standard InChI is InChI=1S/C17H28N2/c1-4-12-19(16-10-11-16)13(3)17(18)15-8-6-14(5-2)7-9-15/h6-9,13,16-17H,4-5,10-12,18H2,1-3H3. The van der Waals surface area contributed by atoms with E-state index < -0.39 is 0 Å². The Morgan fingerprint density at radius 2 is 1.84 bits per heavy atom. The first-order chi connectivity index (χ1) is 9.17. The molecule has 0 heterocycles. The highest BCUT2D eigenvalue weighted by molar-refractivity contribution is 5.25. The van der Waals surface area contributed by atoms with Gasteiger partial charge in [-0.1, -0.05) is 38.1 Å². The number of aryl methyl sites for hydroxylation is 1. The molecule has 0 aromatic heterocycles. The summed E-state index contributed by atoms with van der Waals surface area (Å²) in [6.45, 7) is 7.90. The van der Waals surface area contributed by atoms with E-state index in [-0.39, 0.29) is 6.04 Å². The molecule has 1 aromatic carbocycles. The van der Waals surface area contributed by atoms with Gasteiger partial charge in [-0.15, -0.1) is 0 Å². The molecule has 2 heteroatoms.